The number of alkyl halides is 1. The highest BCUT2D eigenvalue weighted by Gasteiger charge is 2.23. The number of urea groups is 1. The van der Waals surface area contributed by atoms with Gasteiger partial charge in [-0.2, -0.15) is 0 Å². The first-order chi connectivity index (χ1) is 11.5. The van der Waals surface area contributed by atoms with E-state index in [4.69, 9.17) is 4.74 Å². The van der Waals surface area contributed by atoms with Gasteiger partial charge in [0.2, 0.25) is 5.91 Å². The normalized spacial score (nSPS) is 14.6. The Morgan fingerprint density at radius 3 is 2.79 bits per heavy atom. The molecule has 1 saturated carbocycles. The predicted molar refractivity (Wildman–Crippen MR) is 85.2 cm³/mol. The van der Waals surface area contributed by atoms with Crippen molar-refractivity contribution in [3.05, 3.63) is 24.0 Å². The first-order valence-corrected chi connectivity index (χ1v) is 7.83. The lowest BCUT2D eigenvalue weighted by atomic mass is 10.2. The first kappa shape index (κ1) is 18.0. The molecule has 0 bridgehead atoms. The van der Waals surface area contributed by atoms with Gasteiger partial charge in [0.05, 0.1) is 12.3 Å². The van der Waals surface area contributed by atoms with E-state index in [0.29, 0.717) is 18.3 Å². The average molecular weight is 341 g/mol. The van der Waals surface area contributed by atoms with Crippen molar-refractivity contribution in [3.63, 3.8) is 0 Å². The van der Waals surface area contributed by atoms with E-state index in [1.807, 2.05) is 0 Å². The molecule has 0 aliphatic heterocycles. The van der Waals surface area contributed by atoms with Crippen LogP contribution in [0.25, 0.3) is 0 Å². The number of nitrogens with one attached hydrogen (secondary N) is 3. The molecule has 1 aliphatic rings. The van der Waals surface area contributed by atoms with Gasteiger partial charge < -0.3 is 20.7 Å². The Morgan fingerprint density at radius 1 is 1.38 bits per heavy atom. The van der Waals surface area contributed by atoms with Gasteiger partial charge in [-0.25, -0.2) is 13.6 Å². The van der Waals surface area contributed by atoms with Gasteiger partial charge in [-0.05, 0) is 37.8 Å². The molecule has 132 valence electrons. The fourth-order valence-corrected chi connectivity index (χ4v) is 1.96. The van der Waals surface area contributed by atoms with Gasteiger partial charge in [-0.15, -0.1) is 0 Å². The molecule has 2 rings (SSSR count). The third kappa shape index (κ3) is 5.68. The van der Waals surface area contributed by atoms with Crippen LogP contribution in [0, 0.1) is 11.7 Å². The SMILES string of the molecule is C[C@H](NC(=O)Nc1cc(F)ccc1OCC1CC1)C(=O)NCCF. The number of ether oxygens (including phenoxy) is 1. The Labute approximate surface area is 138 Å². The molecular weight excluding hydrogens is 320 g/mol. The number of anilines is 1. The Hall–Kier alpha value is -2.38. The van der Waals surface area contributed by atoms with Crippen molar-refractivity contribution in [2.24, 2.45) is 5.92 Å². The summed E-state index contributed by atoms with van der Waals surface area (Å²) in [5.41, 5.74) is 0.185. The lowest BCUT2D eigenvalue weighted by molar-refractivity contribution is -0.122. The third-order valence-electron chi connectivity index (χ3n) is 3.50. The van der Waals surface area contributed by atoms with Crippen LogP contribution < -0.4 is 20.7 Å². The van der Waals surface area contributed by atoms with E-state index in [9.17, 15) is 18.4 Å². The van der Waals surface area contributed by atoms with E-state index in [-0.39, 0.29) is 12.2 Å². The number of benzene rings is 1. The summed E-state index contributed by atoms with van der Waals surface area (Å²) in [5.74, 6) is -0.144. The summed E-state index contributed by atoms with van der Waals surface area (Å²) in [6.45, 7) is 1.18. The summed E-state index contributed by atoms with van der Waals surface area (Å²) in [6.07, 6.45) is 2.21. The highest BCUT2D eigenvalue weighted by molar-refractivity contribution is 5.94. The zero-order valence-electron chi connectivity index (χ0n) is 13.4. The van der Waals surface area contributed by atoms with Crippen molar-refractivity contribution in [1.29, 1.82) is 0 Å². The Kier molecular flexibility index (Phi) is 6.34. The molecule has 3 amide bonds. The van der Waals surface area contributed by atoms with Gasteiger partial charge in [0.25, 0.3) is 0 Å². The topological polar surface area (TPSA) is 79.5 Å². The Balaban J connectivity index is 1.91. The fourth-order valence-electron chi connectivity index (χ4n) is 1.96. The lowest BCUT2D eigenvalue weighted by Gasteiger charge is -2.16. The number of halogens is 2. The summed E-state index contributed by atoms with van der Waals surface area (Å²) in [6, 6.07) is 2.30. The van der Waals surface area contributed by atoms with Gasteiger partial charge in [0.1, 0.15) is 24.3 Å². The molecule has 1 aromatic carbocycles. The smallest absolute Gasteiger partial charge is 0.319 e. The molecule has 1 aliphatic carbocycles. The molecular formula is C16H21F2N3O3. The second-order valence-electron chi connectivity index (χ2n) is 5.70. The molecule has 1 fully saturated rings. The van der Waals surface area contributed by atoms with Crippen LogP contribution in [-0.4, -0.2) is 37.8 Å². The fraction of sp³-hybridized carbons (Fsp3) is 0.500. The first-order valence-electron chi connectivity index (χ1n) is 7.83. The van der Waals surface area contributed by atoms with Crippen LogP contribution in [0.1, 0.15) is 19.8 Å². The minimum absolute atomic E-state index is 0.116. The maximum atomic E-state index is 13.4. The van der Waals surface area contributed by atoms with E-state index in [1.54, 1.807) is 0 Å². The number of carbonyl (C=O) groups excluding carboxylic acids is 2. The van der Waals surface area contributed by atoms with Crippen molar-refractivity contribution in [2.75, 3.05) is 25.1 Å². The van der Waals surface area contributed by atoms with Gasteiger partial charge in [-0.3, -0.25) is 4.79 Å². The second-order valence-corrected chi connectivity index (χ2v) is 5.70. The molecule has 0 unspecified atom stereocenters. The quantitative estimate of drug-likeness (QED) is 0.678. The minimum atomic E-state index is -0.860. The van der Waals surface area contributed by atoms with Crippen LogP contribution in [0.4, 0.5) is 19.3 Å². The molecule has 1 atom stereocenters. The maximum Gasteiger partial charge on any atom is 0.319 e. The van der Waals surface area contributed by atoms with Crippen LogP contribution in [0.3, 0.4) is 0 Å². The van der Waals surface area contributed by atoms with Crippen LogP contribution in [0.2, 0.25) is 0 Å². The number of carbonyl (C=O) groups is 2. The Bertz CT molecular complexity index is 594. The molecule has 8 heteroatoms. The van der Waals surface area contributed by atoms with Gasteiger partial charge >= 0.3 is 6.03 Å². The molecule has 6 nitrogen and oxygen atoms in total. The van der Waals surface area contributed by atoms with Gasteiger partial charge in [0.15, 0.2) is 0 Å². The zero-order chi connectivity index (χ0) is 17.5. The number of hydrogen-bond donors (Lipinski definition) is 3. The third-order valence-corrected chi connectivity index (χ3v) is 3.50. The van der Waals surface area contributed by atoms with Crippen LogP contribution in [-0.2, 0) is 4.79 Å². The number of amides is 3. The number of rotatable bonds is 8. The van der Waals surface area contributed by atoms with E-state index in [0.717, 1.165) is 18.9 Å². The van der Waals surface area contributed by atoms with Crippen molar-refractivity contribution in [3.8, 4) is 5.75 Å². The molecule has 0 aromatic heterocycles. The summed E-state index contributed by atoms with van der Waals surface area (Å²) < 4.78 is 31.0. The van der Waals surface area contributed by atoms with Gasteiger partial charge in [-0.1, -0.05) is 0 Å². The minimum Gasteiger partial charge on any atom is -0.491 e. The highest BCUT2D eigenvalue weighted by Crippen LogP contribution is 2.32. The summed E-state index contributed by atoms with van der Waals surface area (Å²) >= 11 is 0. The molecule has 0 spiro atoms. The van der Waals surface area contributed by atoms with Crippen molar-refractivity contribution in [1.82, 2.24) is 10.6 Å². The zero-order valence-corrected chi connectivity index (χ0v) is 13.4. The van der Waals surface area contributed by atoms with E-state index < -0.39 is 30.5 Å². The molecule has 0 saturated heterocycles. The molecule has 0 heterocycles. The summed E-state index contributed by atoms with van der Waals surface area (Å²) in [5, 5.41) is 7.19. The Morgan fingerprint density at radius 2 is 2.12 bits per heavy atom. The monoisotopic (exact) mass is 341 g/mol. The molecule has 1 aromatic rings. The summed E-state index contributed by atoms with van der Waals surface area (Å²) in [4.78, 5) is 23.6. The van der Waals surface area contributed by atoms with Crippen molar-refractivity contribution >= 4 is 17.6 Å². The van der Waals surface area contributed by atoms with Crippen LogP contribution in [0.15, 0.2) is 18.2 Å². The van der Waals surface area contributed by atoms with E-state index in [2.05, 4.69) is 16.0 Å². The largest absolute Gasteiger partial charge is 0.491 e. The standard InChI is InChI=1S/C16H21F2N3O3/c1-10(15(22)19-7-6-17)20-16(23)21-13-8-12(18)4-5-14(13)24-9-11-2-3-11/h4-5,8,10-11H,2-3,6-7,9H2,1H3,(H,19,22)(H2,20,21,23)/t10-/m0/s1. The molecule has 3 N–H and O–H groups in total. The average Bonchev–Trinajstić information content (AvgIpc) is 3.35. The van der Waals surface area contributed by atoms with Crippen molar-refractivity contribution < 1.29 is 23.1 Å². The predicted octanol–water partition coefficient (Wildman–Crippen LogP) is 2.21. The maximum absolute atomic E-state index is 13.4. The van der Waals surface area contributed by atoms with E-state index >= 15 is 0 Å². The van der Waals surface area contributed by atoms with Crippen LogP contribution >= 0.6 is 0 Å². The summed E-state index contributed by atoms with van der Waals surface area (Å²) in [7, 11) is 0. The molecule has 24 heavy (non-hydrogen) atoms. The van der Waals surface area contributed by atoms with Crippen molar-refractivity contribution in [2.45, 2.75) is 25.8 Å². The molecule has 0 radical (unpaired) electrons. The highest BCUT2D eigenvalue weighted by atomic mass is 19.1. The van der Waals surface area contributed by atoms with Crippen LogP contribution in [0.5, 0.6) is 5.75 Å². The second kappa shape index (κ2) is 8.47. The number of hydrogen-bond acceptors (Lipinski definition) is 3. The van der Waals surface area contributed by atoms with E-state index in [1.165, 1.54) is 19.1 Å². The lowest BCUT2D eigenvalue weighted by Crippen LogP contribution is -2.46. The van der Waals surface area contributed by atoms with Gasteiger partial charge in [0, 0.05) is 12.6 Å².